The van der Waals surface area contributed by atoms with Crippen LogP contribution in [0.4, 0.5) is 5.95 Å². The monoisotopic (exact) mass is 464 g/mol. The van der Waals surface area contributed by atoms with Crippen molar-refractivity contribution in [3.05, 3.63) is 80.5 Å². The number of hydrogen-bond donors (Lipinski definition) is 4. The van der Waals surface area contributed by atoms with Gasteiger partial charge in [0, 0.05) is 12.6 Å². The number of benzene rings is 2. The van der Waals surface area contributed by atoms with Gasteiger partial charge in [0.1, 0.15) is 24.2 Å². The van der Waals surface area contributed by atoms with Crippen molar-refractivity contribution in [1.29, 1.82) is 0 Å². The maximum atomic E-state index is 12.6. The van der Waals surface area contributed by atoms with E-state index in [1.807, 2.05) is 25.1 Å². The minimum atomic E-state index is -1.00. The number of aryl methyl sites for hydroxylation is 2. The van der Waals surface area contributed by atoms with Gasteiger partial charge < -0.3 is 19.5 Å². The number of hydrogen-bond acceptors (Lipinski definition) is 8. The van der Waals surface area contributed by atoms with Crippen LogP contribution in [0.1, 0.15) is 11.1 Å². The van der Waals surface area contributed by atoms with Crippen molar-refractivity contribution in [2.75, 3.05) is 12.0 Å². The topological polar surface area (TPSA) is 147 Å². The Bertz CT molecular complexity index is 1470. The molecule has 4 rings (SSSR count). The Morgan fingerprint density at radius 2 is 1.94 bits per heavy atom. The number of H-pyrrole nitrogens is 1. The average molecular weight is 464 g/mol. The number of aromatic amines is 1. The molecule has 11 heteroatoms. The molecule has 2 heterocycles. The third-order valence-electron chi connectivity index (χ3n) is 5.23. The van der Waals surface area contributed by atoms with Crippen LogP contribution in [0, 0.1) is 6.92 Å². The molecule has 0 amide bonds. The predicted molar refractivity (Wildman–Crippen MR) is 128 cm³/mol. The highest BCUT2D eigenvalue weighted by atomic mass is 16.5. The van der Waals surface area contributed by atoms with Crippen molar-refractivity contribution in [1.82, 2.24) is 19.1 Å². The lowest BCUT2D eigenvalue weighted by Crippen LogP contribution is -2.30. The number of nitrogens with one attached hydrogen (secondary N) is 2. The van der Waals surface area contributed by atoms with Gasteiger partial charge in [-0.3, -0.25) is 14.3 Å². The fraction of sp³-hybridized carbons (Fsp3) is 0.217. The molecule has 2 aromatic carbocycles. The molecule has 4 aromatic rings. The molecule has 0 saturated carbocycles. The summed E-state index contributed by atoms with van der Waals surface area (Å²) in [5.74, 6) is 0.815. The molecule has 0 bridgehead atoms. The van der Waals surface area contributed by atoms with Crippen molar-refractivity contribution in [3.63, 3.8) is 0 Å². The molecule has 4 N–H and O–H groups in total. The summed E-state index contributed by atoms with van der Waals surface area (Å²) in [6.07, 6.45) is 0.385. The Labute approximate surface area is 193 Å². The van der Waals surface area contributed by atoms with E-state index in [9.17, 15) is 19.8 Å². The molecule has 0 aliphatic carbocycles. The lowest BCUT2D eigenvalue weighted by atomic mass is 10.2. The summed E-state index contributed by atoms with van der Waals surface area (Å²) in [6, 6.07) is 14.1. The van der Waals surface area contributed by atoms with Gasteiger partial charge in [0.2, 0.25) is 5.95 Å². The molecular weight excluding hydrogens is 440 g/mol. The Morgan fingerprint density at radius 3 is 2.71 bits per heavy atom. The van der Waals surface area contributed by atoms with Gasteiger partial charge in [0.15, 0.2) is 11.2 Å². The second-order valence-corrected chi connectivity index (χ2v) is 7.70. The lowest BCUT2D eigenvalue weighted by Gasteiger charge is -2.16. The number of phenols is 1. The van der Waals surface area contributed by atoms with Gasteiger partial charge in [-0.05, 0) is 30.7 Å². The summed E-state index contributed by atoms with van der Waals surface area (Å²) in [6.45, 7) is 1.81. The van der Waals surface area contributed by atoms with E-state index in [4.69, 9.17) is 4.74 Å². The minimum Gasteiger partial charge on any atom is -0.507 e. The lowest BCUT2D eigenvalue weighted by molar-refractivity contribution is 0.0935. The molecule has 0 spiro atoms. The van der Waals surface area contributed by atoms with Crippen LogP contribution in [-0.4, -0.2) is 48.2 Å². The van der Waals surface area contributed by atoms with Gasteiger partial charge in [-0.25, -0.2) is 10.2 Å². The first kappa shape index (κ1) is 22.8. The normalized spacial score (nSPS) is 12.3. The molecule has 11 nitrogen and oxygen atoms in total. The van der Waals surface area contributed by atoms with Gasteiger partial charge in [-0.1, -0.05) is 30.3 Å². The first-order valence-electron chi connectivity index (χ1n) is 10.5. The molecule has 0 fully saturated rings. The highest BCUT2D eigenvalue weighted by Gasteiger charge is 2.20. The molecule has 34 heavy (non-hydrogen) atoms. The van der Waals surface area contributed by atoms with E-state index in [0.717, 1.165) is 5.56 Å². The van der Waals surface area contributed by atoms with Gasteiger partial charge in [-0.2, -0.15) is 10.1 Å². The Balaban J connectivity index is 1.64. The number of fused-ring (bicyclic) bond motifs is 1. The number of rotatable bonds is 8. The summed E-state index contributed by atoms with van der Waals surface area (Å²) in [7, 11) is 1.48. The molecule has 1 unspecified atom stereocenters. The smallest absolute Gasteiger partial charge is 0.329 e. The van der Waals surface area contributed by atoms with Crippen LogP contribution in [0.5, 0.6) is 11.5 Å². The molecule has 0 saturated heterocycles. The van der Waals surface area contributed by atoms with Crippen LogP contribution in [0.25, 0.3) is 11.2 Å². The number of nitrogens with zero attached hydrogens (tertiary/aromatic N) is 4. The van der Waals surface area contributed by atoms with E-state index in [1.165, 1.54) is 28.5 Å². The maximum absolute atomic E-state index is 12.6. The van der Waals surface area contributed by atoms with Crippen LogP contribution < -0.4 is 21.4 Å². The summed E-state index contributed by atoms with van der Waals surface area (Å²) in [5.41, 5.74) is 3.09. The molecule has 176 valence electrons. The van der Waals surface area contributed by atoms with Crippen molar-refractivity contribution in [2.45, 2.75) is 19.6 Å². The van der Waals surface area contributed by atoms with Crippen molar-refractivity contribution < 1.29 is 14.9 Å². The number of para-hydroxylation sites is 2. The fourth-order valence-corrected chi connectivity index (χ4v) is 3.42. The Kier molecular flexibility index (Phi) is 6.46. The maximum Gasteiger partial charge on any atom is 0.329 e. The molecule has 0 aliphatic rings. The molecule has 0 aliphatic heterocycles. The summed E-state index contributed by atoms with van der Waals surface area (Å²) in [4.78, 5) is 31.2. The largest absolute Gasteiger partial charge is 0.507 e. The van der Waals surface area contributed by atoms with Crippen LogP contribution in [-0.2, 0) is 13.6 Å². The summed E-state index contributed by atoms with van der Waals surface area (Å²) >= 11 is 0. The average Bonchev–Trinajstić information content (AvgIpc) is 3.17. The first-order valence-corrected chi connectivity index (χ1v) is 10.5. The highest BCUT2D eigenvalue weighted by molar-refractivity contribution is 5.83. The number of aliphatic hydroxyl groups is 1. The van der Waals surface area contributed by atoms with Gasteiger partial charge in [0.05, 0.1) is 12.8 Å². The number of imidazole rings is 1. The number of hydrazone groups is 1. The number of ether oxygens (including phenoxy) is 1. The third-order valence-corrected chi connectivity index (χ3v) is 5.23. The number of anilines is 1. The Hall–Kier alpha value is -4.38. The van der Waals surface area contributed by atoms with Crippen LogP contribution >= 0.6 is 0 Å². The van der Waals surface area contributed by atoms with Gasteiger partial charge in [-0.15, -0.1) is 0 Å². The zero-order valence-electron chi connectivity index (χ0n) is 18.6. The van der Waals surface area contributed by atoms with E-state index < -0.39 is 17.4 Å². The molecular formula is C23H24N6O5. The molecule has 0 radical (unpaired) electrons. The SMILES string of the molecule is Cc1ccccc1OCC(O)Cn1c(N/N=C\c2ccccc2O)nc2c1c(=O)[nH]c(=O)n2C. The van der Waals surface area contributed by atoms with Crippen LogP contribution in [0.3, 0.4) is 0 Å². The number of aliphatic hydroxyl groups excluding tert-OH is 1. The van der Waals surface area contributed by atoms with E-state index in [1.54, 1.807) is 24.3 Å². The Morgan fingerprint density at radius 1 is 1.21 bits per heavy atom. The fourth-order valence-electron chi connectivity index (χ4n) is 3.42. The number of aromatic hydroxyl groups is 1. The second kappa shape index (κ2) is 9.63. The van der Waals surface area contributed by atoms with E-state index in [0.29, 0.717) is 11.3 Å². The molecule has 2 aromatic heterocycles. The van der Waals surface area contributed by atoms with Crippen LogP contribution in [0.15, 0.2) is 63.2 Å². The van der Waals surface area contributed by atoms with Crippen molar-refractivity contribution in [2.24, 2.45) is 12.1 Å². The van der Waals surface area contributed by atoms with E-state index in [-0.39, 0.29) is 36.0 Å². The standard InChI is InChI=1S/C23H24N6O5/c1-14-7-3-6-10-18(14)34-13-16(30)12-29-19-20(28(2)23(33)26-21(19)32)25-22(29)27-24-11-15-8-4-5-9-17(15)31/h3-11,16,30-31H,12-13H2,1-2H3,(H,25,27)(H,26,32,33)/b24-11-. The number of phenolic OH excluding ortho intramolecular Hbond substituents is 1. The van der Waals surface area contributed by atoms with Crippen molar-refractivity contribution >= 4 is 23.3 Å². The molecule has 1 atom stereocenters. The highest BCUT2D eigenvalue weighted by Crippen LogP contribution is 2.19. The van der Waals surface area contributed by atoms with Gasteiger partial charge >= 0.3 is 5.69 Å². The quantitative estimate of drug-likeness (QED) is 0.227. The number of aromatic nitrogens is 4. The van der Waals surface area contributed by atoms with E-state index in [2.05, 4.69) is 20.5 Å². The minimum absolute atomic E-state index is 0.0329. The van der Waals surface area contributed by atoms with Gasteiger partial charge in [0.25, 0.3) is 5.56 Å². The summed E-state index contributed by atoms with van der Waals surface area (Å²) in [5, 5.41) is 24.7. The van der Waals surface area contributed by atoms with E-state index >= 15 is 0 Å². The summed E-state index contributed by atoms with van der Waals surface area (Å²) < 4.78 is 8.35. The second-order valence-electron chi connectivity index (χ2n) is 7.70. The predicted octanol–water partition coefficient (Wildman–Crippen LogP) is 1.32. The zero-order chi connectivity index (χ0) is 24.2. The van der Waals surface area contributed by atoms with Crippen molar-refractivity contribution in [3.8, 4) is 11.5 Å². The van der Waals surface area contributed by atoms with Crippen LogP contribution in [0.2, 0.25) is 0 Å². The third kappa shape index (κ3) is 4.69. The first-order chi connectivity index (χ1) is 16.3. The zero-order valence-corrected chi connectivity index (χ0v) is 18.6.